The Balaban J connectivity index is 1.73. The van der Waals surface area contributed by atoms with Crippen molar-refractivity contribution in [2.45, 2.75) is 6.92 Å². The molecule has 7 nitrogen and oxygen atoms in total. The Bertz CT molecular complexity index is 1000. The van der Waals surface area contributed by atoms with E-state index in [4.69, 9.17) is 17.3 Å². The van der Waals surface area contributed by atoms with Crippen molar-refractivity contribution < 1.29 is 9.59 Å². The van der Waals surface area contributed by atoms with Gasteiger partial charge in [0.2, 0.25) is 5.91 Å². The van der Waals surface area contributed by atoms with Crippen LogP contribution in [0.4, 0.5) is 17.1 Å². The molecule has 1 heterocycles. The minimum atomic E-state index is -0.660. The lowest BCUT2D eigenvalue weighted by atomic mass is 10.2. The molecule has 0 aliphatic carbocycles. The van der Waals surface area contributed by atoms with Gasteiger partial charge in [0, 0.05) is 55.7 Å². The van der Waals surface area contributed by atoms with Gasteiger partial charge in [0.15, 0.2) is 0 Å². The minimum absolute atomic E-state index is 0.0989. The number of hydrogen-bond donors (Lipinski definition) is 1. The molecule has 2 amide bonds. The van der Waals surface area contributed by atoms with E-state index in [1.165, 1.54) is 13.1 Å². The Hall–Kier alpha value is -3.50. The number of halogens is 1. The number of piperazine rings is 1. The van der Waals surface area contributed by atoms with Crippen molar-refractivity contribution in [3.63, 3.8) is 0 Å². The summed E-state index contributed by atoms with van der Waals surface area (Å²) in [5, 5.41) is 10.2. The number of carbonyl (C=O) groups is 2. The van der Waals surface area contributed by atoms with Crippen molar-refractivity contribution in [1.29, 1.82) is 5.26 Å². The van der Waals surface area contributed by atoms with Gasteiger partial charge in [0.05, 0.1) is 5.69 Å². The van der Waals surface area contributed by atoms with E-state index in [9.17, 15) is 14.9 Å². The zero-order chi connectivity index (χ0) is 21.7. The van der Waals surface area contributed by atoms with E-state index in [-0.39, 0.29) is 5.57 Å². The average molecular weight is 424 g/mol. The second-order valence-corrected chi connectivity index (χ2v) is 7.35. The Morgan fingerprint density at radius 1 is 1.13 bits per heavy atom. The molecule has 0 bridgehead atoms. The maximum atomic E-state index is 12.9. The van der Waals surface area contributed by atoms with Gasteiger partial charge >= 0.3 is 0 Å². The first-order valence-corrected chi connectivity index (χ1v) is 9.84. The van der Waals surface area contributed by atoms with E-state index in [1.54, 1.807) is 24.3 Å². The molecule has 0 unspecified atom stereocenters. The number of nitrogens with zero attached hydrogens (tertiary/aromatic N) is 4. The second kappa shape index (κ2) is 9.33. The molecule has 2 N–H and O–H groups in total. The highest BCUT2D eigenvalue weighted by Crippen LogP contribution is 2.22. The maximum absolute atomic E-state index is 12.9. The predicted molar refractivity (Wildman–Crippen MR) is 118 cm³/mol. The normalized spacial score (nSPS) is 14.2. The van der Waals surface area contributed by atoms with E-state index in [0.717, 1.165) is 23.7 Å². The number of nitrogens with two attached hydrogens (primary N) is 1. The van der Waals surface area contributed by atoms with Gasteiger partial charge < -0.3 is 15.5 Å². The molecular formula is C22H22ClN5O2. The van der Waals surface area contributed by atoms with Crippen LogP contribution in [0.25, 0.3) is 0 Å². The van der Waals surface area contributed by atoms with Gasteiger partial charge in [-0.3, -0.25) is 9.59 Å². The fourth-order valence-electron chi connectivity index (χ4n) is 3.28. The van der Waals surface area contributed by atoms with Crippen molar-refractivity contribution in [2.24, 2.45) is 0 Å². The molecule has 1 fully saturated rings. The lowest BCUT2D eigenvalue weighted by Crippen LogP contribution is -2.44. The molecule has 154 valence electrons. The smallest absolute Gasteiger partial charge is 0.277 e. The van der Waals surface area contributed by atoms with Crippen molar-refractivity contribution in [3.05, 3.63) is 65.3 Å². The summed E-state index contributed by atoms with van der Waals surface area (Å²) in [5.41, 5.74) is 7.50. The van der Waals surface area contributed by atoms with E-state index < -0.39 is 11.8 Å². The van der Waals surface area contributed by atoms with E-state index >= 15 is 0 Å². The predicted octanol–water partition coefficient (Wildman–Crippen LogP) is 3.03. The quantitative estimate of drug-likeness (QED) is 0.461. The SMILES string of the molecule is CC(=O)N(C(=O)/C(C#N)=C\N1CCN(c2cccc(Cl)c2)CC1)c1ccc(N)cc1. The molecule has 1 saturated heterocycles. The van der Waals surface area contributed by atoms with Crippen LogP contribution in [0.1, 0.15) is 6.92 Å². The summed E-state index contributed by atoms with van der Waals surface area (Å²) >= 11 is 6.07. The monoisotopic (exact) mass is 423 g/mol. The van der Waals surface area contributed by atoms with Crippen LogP contribution in [-0.4, -0.2) is 42.9 Å². The van der Waals surface area contributed by atoms with Gasteiger partial charge in [-0.15, -0.1) is 0 Å². The molecular weight excluding hydrogens is 402 g/mol. The van der Waals surface area contributed by atoms with Crippen LogP contribution >= 0.6 is 11.6 Å². The number of benzene rings is 2. The Labute approximate surface area is 180 Å². The number of imide groups is 1. The third-order valence-electron chi connectivity index (χ3n) is 4.82. The molecule has 2 aromatic rings. The number of nitrogen functional groups attached to an aromatic ring is 1. The molecule has 0 radical (unpaired) electrons. The molecule has 0 atom stereocenters. The van der Waals surface area contributed by atoms with E-state index in [2.05, 4.69) is 4.90 Å². The zero-order valence-corrected chi connectivity index (χ0v) is 17.3. The fourth-order valence-corrected chi connectivity index (χ4v) is 3.47. The van der Waals surface area contributed by atoms with Crippen LogP contribution in [0.2, 0.25) is 5.02 Å². The highest BCUT2D eigenvalue weighted by atomic mass is 35.5. The molecule has 0 saturated carbocycles. The van der Waals surface area contributed by atoms with Crippen LogP contribution < -0.4 is 15.5 Å². The third-order valence-corrected chi connectivity index (χ3v) is 5.05. The van der Waals surface area contributed by atoms with Gasteiger partial charge in [-0.05, 0) is 42.5 Å². The highest BCUT2D eigenvalue weighted by Gasteiger charge is 2.25. The zero-order valence-electron chi connectivity index (χ0n) is 16.6. The van der Waals surface area contributed by atoms with Crippen LogP contribution in [0.3, 0.4) is 0 Å². The molecule has 2 aromatic carbocycles. The summed E-state index contributed by atoms with van der Waals surface area (Å²) in [6.07, 6.45) is 1.53. The van der Waals surface area contributed by atoms with Crippen molar-refractivity contribution in [2.75, 3.05) is 41.7 Å². The van der Waals surface area contributed by atoms with Crippen molar-refractivity contribution in [1.82, 2.24) is 4.90 Å². The Morgan fingerprint density at radius 2 is 1.80 bits per heavy atom. The second-order valence-electron chi connectivity index (χ2n) is 6.91. The number of rotatable bonds is 4. The molecule has 30 heavy (non-hydrogen) atoms. The first-order chi connectivity index (χ1) is 14.4. The summed E-state index contributed by atoms with van der Waals surface area (Å²) in [4.78, 5) is 30.1. The molecule has 0 spiro atoms. The largest absolute Gasteiger partial charge is 0.399 e. The number of anilines is 3. The van der Waals surface area contributed by atoms with Gasteiger partial charge in [0.1, 0.15) is 11.6 Å². The molecule has 1 aliphatic rings. The lowest BCUT2D eigenvalue weighted by Gasteiger charge is -2.35. The summed E-state index contributed by atoms with van der Waals surface area (Å²) in [5.74, 6) is -1.14. The minimum Gasteiger partial charge on any atom is -0.399 e. The summed E-state index contributed by atoms with van der Waals surface area (Å²) in [6.45, 7) is 3.99. The average Bonchev–Trinajstić information content (AvgIpc) is 2.73. The van der Waals surface area contributed by atoms with E-state index in [0.29, 0.717) is 29.5 Å². The molecule has 3 rings (SSSR count). The molecule has 1 aliphatic heterocycles. The summed E-state index contributed by atoms with van der Waals surface area (Å²) in [7, 11) is 0. The summed E-state index contributed by atoms with van der Waals surface area (Å²) in [6, 6.07) is 15.9. The number of hydrogen-bond acceptors (Lipinski definition) is 6. The Morgan fingerprint density at radius 3 is 2.37 bits per heavy atom. The summed E-state index contributed by atoms with van der Waals surface area (Å²) < 4.78 is 0. The standard InChI is InChI=1S/C22H22ClN5O2/c1-16(29)28(20-7-5-19(25)6-8-20)22(30)17(14-24)15-26-9-11-27(12-10-26)21-4-2-3-18(23)13-21/h2-8,13,15H,9-12,25H2,1H3/b17-15-. The Kier molecular flexibility index (Phi) is 6.60. The molecule has 0 aromatic heterocycles. The highest BCUT2D eigenvalue weighted by molar-refractivity contribution is 6.30. The van der Waals surface area contributed by atoms with Gasteiger partial charge in [-0.25, -0.2) is 4.90 Å². The van der Waals surface area contributed by atoms with Crippen LogP contribution in [0, 0.1) is 11.3 Å². The third kappa shape index (κ3) is 4.91. The van der Waals surface area contributed by atoms with Crippen molar-refractivity contribution in [3.8, 4) is 6.07 Å². The first kappa shape index (κ1) is 21.2. The maximum Gasteiger partial charge on any atom is 0.277 e. The molecule has 8 heteroatoms. The van der Waals surface area contributed by atoms with Gasteiger partial charge in [0.25, 0.3) is 5.91 Å². The topological polar surface area (TPSA) is 93.7 Å². The number of carbonyl (C=O) groups excluding carboxylic acids is 2. The van der Waals surface area contributed by atoms with Crippen molar-refractivity contribution >= 4 is 40.5 Å². The first-order valence-electron chi connectivity index (χ1n) is 9.46. The number of nitriles is 1. The van der Waals surface area contributed by atoms with Gasteiger partial charge in [-0.2, -0.15) is 5.26 Å². The van der Waals surface area contributed by atoms with Crippen LogP contribution in [-0.2, 0) is 9.59 Å². The van der Waals surface area contributed by atoms with Crippen LogP contribution in [0.5, 0.6) is 0 Å². The number of amides is 2. The van der Waals surface area contributed by atoms with Gasteiger partial charge in [-0.1, -0.05) is 17.7 Å². The fraction of sp³-hybridized carbons (Fsp3) is 0.227. The van der Waals surface area contributed by atoms with E-state index in [1.807, 2.05) is 35.2 Å². The lowest BCUT2D eigenvalue weighted by molar-refractivity contribution is -0.123. The van der Waals surface area contributed by atoms with Crippen LogP contribution in [0.15, 0.2) is 60.3 Å².